The Labute approximate surface area is 182 Å². The van der Waals surface area contributed by atoms with Crippen molar-refractivity contribution in [2.75, 3.05) is 26.7 Å². The highest BCUT2D eigenvalue weighted by molar-refractivity contribution is 5.69. The van der Waals surface area contributed by atoms with Crippen LogP contribution in [0.1, 0.15) is 11.3 Å². The molecule has 0 saturated carbocycles. The van der Waals surface area contributed by atoms with Crippen LogP contribution in [0.25, 0.3) is 22.6 Å². The van der Waals surface area contributed by atoms with E-state index in [1.165, 1.54) is 6.20 Å². The van der Waals surface area contributed by atoms with Gasteiger partial charge in [-0.1, -0.05) is 0 Å². The average molecular weight is 440 g/mol. The molecule has 32 heavy (non-hydrogen) atoms. The molecule has 1 aromatic carbocycles. The Morgan fingerprint density at radius 3 is 2.66 bits per heavy atom. The molecule has 0 radical (unpaired) electrons. The molecule has 1 fully saturated rings. The Morgan fingerprint density at radius 2 is 1.97 bits per heavy atom. The van der Waals surface area contributed by atoms with Crippen molar-refractivity contribution in [2.45, 2.75) is 19.4 Å². The summed E-state index contributed by atoms with van der Waals surface area (Å²) in [5.74, 6) is -2.34. The van der Waals surface area contributed by atoms with E-state index < -0.39 is 17.4 Å². The Balaban J connectivity index is 1.65. The van der Waals surface area contributed by atoms with E-state index in [2.05, 4.69) is 9.88 Å². The Hall–Kier alpha value is -3.30. The number of hydrogen-bond donors (Lipinski definition) is 0. The summed E-state index contributed by atoms with van der Waals surface area (Å²) in [5, 5.41) is 0. The lowest BCUT2D eigenvalue weighted by molar-refractivity contribution is -0.0190. The Bertz CT molecular complexity index is 1330. The molecule has 9 heteroatoms. The van der Waals surface area contributed by atoms with Gasteiger partial charge in [-0.2, -0.15) is 0 Å². The summed E-state index contributed by atoms with van der Waals surface area (Å²) in [4.78, 5) is 18.5. The molecule has 166 valence electrons. The zero-order valence-electron chi connectivity index (χ0n) is 17.7. The lowest BCUT2D eigenvalue weighted by atomic mass is 10.0. The number of likely N-dealkylation sites (N-methyl/N-ethyl adjacent to an activating group) is 1. The summed E-state index contributed by atoms with van der Waals surface area (Å²) in [5.41, 5.74) is 2.31. The molecule has 7 nitrogen and oxygen atoms in total. The van der Waals surface area contributed by atoms with Gasteiger partial charge in [-0.05, 0) is 43.8 Å². The summed E-state index contributed by atoms with van der Waals surface area (Å²) in [6, 6.07) is 6.02. The summed E-state index contributed by atoms with van der Waals surface area (Å²) < 4.78 is 44.1. The summed E-state index contributed by atoms with van der Waals surface area (Å²) in [7, 11) is 2.02. The number of fused-ring (bicyclic) bond motifs is 1. The topological polar surface area (TPSA) is 64.9 Å². The van der Waals surface area contributed by atoms with Crippen molar-refractivity contribution < 1.29 is 17.9 Å². The van der Waals surface area contributed by atoms with Gasteiger partial charge in [0.15, 0.2) is 0 Å². The number of pyridine rings is 1. The van der Waals surface area contributed by atoms with E-state index in [4.69, 9.17) is 9.15 Å². The molecule has 0 amide bonds. The largest absolute Gasteiger partial charge is 0.423 e. The van der Waals surface area contributed by atoms with Crippen molar-refractivity contribution in [3.8, 4) is 16.9 Å². The van der Waals surface area contributed by atoms with Gasteiger partial charge in [0.05, 0.1) is 41.5 Å². The lowest BCUT2D eigenvalue weighted by Crippen LogP contribution is -2.41. The fourth-order valence-corrected chi connectivity index (χ4v) is 4.18. The minimum Gasteiger partial charge on any atom is -0.416 e. The molecule has 1 aliphatic heterocycles. The van der Waals surface area contributed by atoms with Crippen LogP contribution in [0.5, 0.6) is 0 Å². The van der Waals surface area contributed by atoms with Gasteiger partial charge in [-0.25, -0.2) is 23.1 Å². The standard InChI is InChI=1S/C23H22F2N4O3/c1-14-3-4-29-19(12-16-13-27(2)5-7-31-16)22(26-20(29)9-14)21-17(24)10-15(11-18(21)25)28-6-8-32-23(28)30/h3-4,6,8-11,16H,5,7,12-13H2,1-2H3. The molecule has 1 atom stereocenters. The van der Waals surface area contributed by atoms with Gasteiger partial charge in [0.25, 0.3) is 0 Å². The highest BCUT2D eigenvalue weighted by Crippen LogP contribution is 2.32. The van der Waals surface area contributed by atoms with Crippen molar-refractivity contribution in [3.63, 3.8) is 0 Å². The number of imidazole rings is 1. The molecule has 4 aromatic rings. The smallest absolute Gasteiger partial charge is 0.416 e. The molecule has 0 N–H and O–H groups in total. The average Bonchev–Trinajstić information content (AvgIpc) is 3.31. The first-order valence-electron chi connectivity index (χ1n) is 10.3. The molecule has 5 rings (SSSR count). The molecular weight excluding hydrogens is 418 g/mol. The minimum absolute atomic E-state index is 0.0425. The molecule has 0 spiro atoms. The number of hydrogen-bond acceptors (Lipinski definition) is 5. The number of oxazole rings is 1. The Kier molecular flexibility index (Phi) is 5.15. The first kappa shape index (κ1) is 20.6. The summed E-state index contributed by atoms with van der Waals surface area (Å²) in [6.07, 6.45) is 4.66. The quantitative estimate of drug-likeness (QED) is 0.488. The van der Waals surface area contributed by atoms with Crippen LogP contribution in [0.15, 0.2) is 52.1 Å². The van der Waals surface area contributed by atoms with Gasteiger partial charge in [0, 0.05) is 25.7 Å². The van der Waals surface area contributed by atoms with Crippen LogP contribution >= 0.6 is 0 Å². The number of nitrogens with zero attached hydrogens (tertiary/aromatic N) is 4. The maximum Gasteiger partial charge on any atom is 0.423 e. The lowest BCUT2D eigenvalue weighted by Gasteiger charge is -2.30. The van der Waals surface area contributed by atoms with E-state index in [1.54, 1.807) is 0 Å². The van der Waals surface area contributed by atoms with Crippen LogP contribution in [0, 0.1) is 18.6 Å². The van der Waals surface area contributed by atoms with Crippen LogP contribution in [0.2, 0.25) is 0 Å². The van der Waals surface area contributed by atoms with E-state index in [-0.39, 0.29) is 23.0 Å². The second-order valence-corrected chi connectivity index (χ2v) is 8.12. The predicted octanol–water partition coefficient (Wildman–Crippen LogP) is 3.20. The van der Waals surface area contributed by atoms with Crippen LogP contribution < -0.4 is 5.76 Å². The number of benzene rings is 1. The number of halogens is 2. The number of rotatable bonds is 4. The number of morpholine rings is 1. The van der Waals surface area contributed by atoms with Crippen molar-refractivity contribution in [2.24, 2.45) is 0 Å². The molecule has 3 aromatic heterocycles. The Morgan fingerprint density at radius 1 is 1.19 bits per heavy atom. The third-order valence-electron chi connectivity index (χ3n) is 5.76. The normalized spacial score (nSPS) is 17.3. The maximum atomic E-state index is 15.3. The second-order valence-electron chi connectivity index (χ2n) is 8.12. The molecule has 1 unspecified atom stereocenters. The third kappa shape index (κ3) is 3.63. The number of aryl methyl sites for hydroxylation is 1. The van der Waals surface area contributed by atoms with Crippen molar-refractivity contribution in [1.29, 1.82) is 0 Å². The SMILES string of the molecule is Cc1ccn2c(CC3CN(C)CCO3)c(-c3c(F)cc(-n4ccoc4=O)cc3F)nc2c1. The van der Waals surface area contributed by atoms with E-state index in [9.17, 15) is 4.79 Å². The van der Waals surface area contributed by atoms with Crippen LogP contribution in [0.3, 0.4) is 0 Å². The number of aromatic nitrogens is 3. The van der Waals surface area contributed by atoms with E-state index in [1.807, 2.05) is 36.7 Å². The van der Waals surface area contributed by atoms with Gasteiger partial charge >= 0.3 is 5.76 Å². The van der Waals surface area contributed by atoms with Crippen molar-refractivity contribution in [3.05, 3.63) is 76.4 Å². The molecule has 1 saturated heterocycles. The fourth-order valence-electron chi connectivity index (χ4n) is 4.18. The van der Waals surface area contributed by atoms with Crippen LogP contribution in [0.4, 0.5) is 8.78 Å². The minimum atomic E-state index is -0.809. The highest BCUT2D eigenvalue weighted by Gasteiger charge is 2.26. The monoisotopic (exact) mass is 440 g/mol. The molecule has 0 aliphatic carbocycles. The van der Waals surface area contributed by atoms with Gasteiger partial charge in [-0.3, -0.25) is 0 Å². The third-order valence-corrected chi connectivity index (χ3v) is 5.76. The fraction of sp³-hybridized carbons (Fsp3) is 0.304. The van der Waals surface area contributed by atoms with Crippen molar-refractivity contribution >= 4 is 5.65 Å². The summed E-state index contributed by atoms with van der Waals surface area (Å²) >= 11 is 0. The first-order chi connectivity index (χ1) is 15.4. The van der Waals surface area contributed by atoms with E-state index in [0.29, 0.717) is 30.9 Å². The molecular formula is C23H22F2N4O3. The summed E-state index contributed by atoms with van der Waals surface area (Å²) in [6.45, 7) is 4.09. The highest BCUT2D eigenvalue weighted by atomic mass is 19.1. The maximum absolute atomic E-state index is 15.3. The predicted molar refractivity (Wildman–Crippen MR) is 114 cm³/mol. The molecule has 1 aliphatic rings. The van der Waals surface area contributed by atoms with E-state index in [0.717, 1.165) is 35.1 Å². The zero-order valence-corrected chi connectivity index (χ0v) is 17.7. The first-order valence-corrected chi connectivity index (χ1v) is 10.3. The molecule has 4 heterocycles. The molecule has 0 bridgehead atoms. The second kappa shape index (κ2) is 7.99. The number of ether oxygens (including phenoxy) is 1. The van der Waals surface area contributed by atoms with Crippen molar-refractivity contribution in [1.82, 2.24) is 18.9 Å². The van der Waals surface area contributed by atoms with E-state index >= 15 is 8.78 Å². The zero-order chi connectivity index (χ0) is 22.4. The van der Waals surface area contributed by atoms with Crippen LogP contribution in [-0.2, 0) is 11.2 Å². The van der Waals surface area contributed by atoms with Gasteiger partial charge in [-0.15, -0.1) is 0 Å². The van der Waals surface area contributed by atoms with Crippen LogP contribution in [-0.4, -0.2) is 51.7 Å². The van der Waals surface area contributed by atoms with Gasteiger partial charge in [0.1, 0.15) is 23.5 Å². The van der Waals surface area contributed by atoms with Gasteiger partial charge in [0.2, 0.25) is 0 Å². The van der Waals surface area contributed by atoms with Gasteiger partial charge < -0.3 is 18.5 Å².